The lowest BCUT2D eigenvalue weighted by molar-refractivity contribution is -0.116. The van der Waals surface area contributed by atoms with Crippen molar-refractivity contribution in [2.75, 3.05) is 13.2 Å². The number of aryl methyl sites for hydroxylation is 2. The fraction of sp³-hybridized carbons (Fsp3) is 0.211. The summed E-state index contributed by atoms with van der Waals surface area (Å²) in [5, 5.41) is 3.83. The van der Waals surface area contributed by atoms with E-state index in [4.69, 9.17) is 27.9 Å². The number of halogens is 2. The van der Waals surface area contributed by atoms with E-state index in [9.17, 15) is 4.79 Å². The Balaban J connectivity index is 1.79. The Morgan fingerprint density at radius 3 is 2.71 bits per heavy atom. The molecule has 0 saturated heterocycles. The van der Waals surface area contributed by atoms with E-state index in [1.165, 1.54) is 6.08 Å². The molecule has 0 bridgehead atoms. The minimum absolute atomic E-state index is 0.203. The minimum Gasteiger partial charge on any atom is -0.491 e. The third kappa shape index (κ3) is 5.59. The normalized spacial score (nSPS) is 10.8. The molecule has 24 heavy (non-hydrogen) atoms. The Labute approximate surface area is 152 Å². The monoisotopic (exact) mass is 363 g/mol. The summed E-state index contributed by atoms with van der Waals surface area (Å²) in [6.07, 6.45) is 3.09. The van der Waals surface area contributed by atoms with Gasteiger partial charge in [0.25, 0.3) is 0 Å². The molecule has 0 aliphatic rings. The third-order valence-electron chi connectivity index (χ3n) is 3.38. The van der Waals surface area contributed by atoms with Gasteiger partial charge in [0, 0.05) is 16.1 Å². The molecule has 1 amide bonds. The van der Waals surface area contributed by atoms with Crippen LogP contribution in [-0.2, 0) is 4.79 Å². The van der Waals surface area contributed by atoms with E-state index >= 15 is 0 Å². The number of carbonyl (C=O) groups is 1. The average Bonchev–Trinajstić information content (AvgIpc) is 2.54. The van der Waals surface area contributed by atoms with Crippen molar-refractivity contribution < 1.29 is 9.53 Å². The first kappa shape index (κ1) is 18.4. The molecule has 0 aromatic heterocycles. The fourth-order valence-electron chi connectivity index (χ4n) is 2.06. The Bertz CT molecular complexity index is 757. The first-order valence-corrected chi connectivity index (χ1v) is 8.32. The van der Waals surface area contributed by atoms with Crippen LogP contribution in [0.1, 0.15) is 16.7 Å². The summed E-state index contributed by atoms with van der Waals surface area (Å²) in [5.74, 6) is 0.637. The number of carbonyl (C=O) groups excluding carboxylic acids is 1. The van der Waals surface area contributed by atoms with Gasteiger partial charge in [-0.2, -0.15) is 0 Å². The molecule has 2 rings (SSSR count). The molecule has 5 heteroatoms. The first-order chi connectivity index (χ1) is 11.5. The standard InChI is InChI=1S/C19H19Cl2NO2/c1-13-3-4-14(2)18(11-13)24-10-9-22-19(23)8-6-15-5-7-16(20)12-17(15)21/h3-8,11-12H,9-10H2,1-2H3,(H,22,23)/b8-6+. The number of hydrogen-bond donors (Lipinski definition) is 1. The van der Waals surface area contributed by atoms with Gasteiger partial charge in [-0.1, -0.05) is 41.4 Å². The number of benzene rings is 2. The fourth-order valence-corrected chi connectivity index (χ4v) is 2.53. The number of hydrogen-bond acceptors (Lipinski definition) is 2. The smallest absolute Gasteiger partial charge is 0.244 e. The van der Waals surface area contributed by atoms with Gasteiger partial charge in [0.05, 0.1) is 6.54 Å². The second-order valence-electron chi connectivity index (χ2n) is 5.41. The van der Waals surface area contributed by atoms with Crippen molar-refractivity contribution in [1.82, 2.24) is 5.32 Å². The second-order valence-corrected chi connectivity index (χ2v) is 6.25. The summed E-state index contributed by atoms with van der Waals surface area (Å²) < 4.78 is 5.69. The van der Waals surface area contributed by atoms with Gasteiger partial charge in [0.15, 0.2) is 0 Å². The van der Waals surface area contributed by atoms with Crippen molar-refractivity contribution in [3.63, 3.8) is 0 Å². The van der Waals surface area contributed by atoms with Gasteiger partial charge >= 0.3 is 0 Å². The molecule has 0 spiro atoms. The SMILES string of the molecule is Cc1ccc(C)c(OCCNC(=O)/C=C/c2ccc(Cl)cc2Cl)c1. The van der Waals surface area contributed by atoms with E-state index in [1.807, 2.05) is 32.0 Å². The molecule has 0 aliphatic carbocycles. The van der Waals surface area contributed by atoms with E-state index in [1.54, 1.807) is 24.3 Å². The summed E-state index contributed by atoms with van der Waals surface area (Å²) in [5.41, 5.74) is 2.95. The van der Waals surface area contributed by atoms with Crippen molar-refractivity contribution in [3.05, 3.63) is 69.2 Å². The summed E-state index contributed by atoms with van der Waals surface area (Å²) in [6, 6.07) is 11.2. The van der Waals surface area contributed by atoms with Gasteiger partial charge < -0.3 is 10.1 Å². The summed E-state index contributed by atoms with van der Waals surface area (Å²) in [7, 11) is 0. The van der Waals surface area contributed by atoms with E-state index in [0.29, 0.717) is 23.2 Å². The van der Waals surface area contributed by atoms with Crippen LogP contribution in [0.15, 0.2) is 42.5 Å². The minimum atomic E-state index is -0.203. The van der Waals surface area contributed by atoms with E-state index in [-0.39, 0.29) is 5.91 Å². The van der Waals surface area contributed by atoms with Gasteiger partial charge in [-0.3, -0.25) is 4.79 Å². The van der Waals surface area contributed by atoms with Crippen LogP contribution in [0.3, 0.4) is 0 Å². The van der Waals surface area contributed by atoms with Crippen molar-refractivity contribution in [1.29, 1.82) is 0 Å². The molecule has 1 N–H and O–H groups in total. The molecule has 0 unspecified atom stereocenters. The molecular weight excluding hydrogens is 345 g/mol. The number of amides is 1. The predicted molar refractivity (Wildman–Crippen MR) is 99.9 cm³/mol. The highest BCUT2D eigenvalue weighted by Crippen LogP contribution is 2.22. The molecular formula is C19H19Cl2NO2. The van der Waals surface area contributed by atoms with Crippen LogP contribution in [0.4, 0.5) is 0 Å². The molecule has 0 atom stereocenters. The second kappa shape index (κ2) is 8.76. The maximum absolute atomic E-state index is 11.8. The van der Waals surface area contributed by atoms with Crippen molar-refractivity contribution >= 4 is 35.2 Å². The van der Waals surface area contributed by atoms with Crippen LogP contribution in [-0.4, -0.2) is 19.1 Å². The molecule has 126 valence electrons. The summed E-state index contributed by atoms with van der Waals surface area (Å²) in [4.78, 5) is 11.8. The van der Waals surface area contributed by atoms with Crippen LogP contribution in [0, 0.1) is 13.8 Å². The van der Waals surface area contributed by atoms with Crippen molar-refractivity contribution in [2.24, 2.45) is 0 Å². The maximum Gasteiger partial charge on any atom is 0.244 e. The zero-order valence-electron chi connectivity index (χ0n) is 13.6. The van der Waals surface area contributed by atoms with Crippen LogP contribution in [0.5, 0.6) is 5.75 Å². The first-order valence-electron chi connectivity index (χ1n) is 7.57. The highest BCUT2D eigenvalue weighted by atomic mass is 35.5. The van der Waals surface area contributed by atoms with Crippen molar-refractivity contribution in [3.8, 4) is 5.75 Å². The summed E-state index contributed by atoms with van der Waals surface area (Å²) in [6.45, 7) is 4.84. The molecule has 0 fully saturated rings. The Hall–Kier alpha value is -1.97. The zero-order chi connectivity index (χ0) is 17.5. The molecule has 0 radical (unpaired) electrons. The quantitative estimate of drug-likeness (QED) is 0.590. The highest BCUT2D eigenvalue weighted by molar-refractivity contribution is 6.35. The van der Waals surface area contributed by atoms with Gasteiger partial charge in [-0.15, -0.1) is 0 Å². The molecule has 2 aromatic rings. The van der Waals surface area contributed by atoms with Crippen LogP contribution >= 0.6 is 23.2 Å². The highest BCUT2D eigenvalue weighted by Gasteiger charge is 2.01. The van der Waals surface area contributed by atoms with E-state index in [0.717, 1.165) is 22.4 Å². The van der Waals surface area contributed by atoms with Crippen LogP contribution < -0.4 is 10.1 Å². The third-order valence-corrected chi connectivity index (χ3v) is 3.94. The van der Waals surface area contributed by atoms with Crippen LogP contribution in [0.25, 0.3) is 6.08 Å². The Morgan fingerprint density at radius 1 is 1.17 bits per heavy atom. The maximum atomic E-state index is 11.8. The topological polar surface area (TPSA) is 38.3 Å². The van der Waals surface area contributed by atoms with Gasteiger partial charge in [-0.25, -0.2) is 0 Å². The zero-order valence-corrected chi connectivity index (χ0v) is 15.1. The number of ether oxygens (including phenoxy) is 1. The molecule has 2 aromatic carbocycles. The lowest BCUT2D eigenvalue weighted by atomic mass is 10.1. The average molecular weight is 364 g/mol. The Kier molecular flexibility index (Phi) is 6.71. The van der Waals surface area contributed by atoms with E-state index < -0.39 is 0 Å². The van der Waals surface area contributed by atoms with Gasteiger partial charge in [0.2, 0.25) is 5.91 Å². The van der Waals surface area contributed by atoms with Crippen molar-refractivity contribution in [2.45, 2.75) is 13.8 Å². The van der Waals surface area contributed by atoms with E-state index in [2.05, 4.69) is 5.32 Å². The molecule has 0 heterocycles. The summed E-state index contributed by atoms with van der Waals surface area (Å²) >= 11 is 11.9. The van der Waals surface area contributed by atoms with Gasteiger partial charge in [0.1, 0.15) is 12.4 Å². The number of rotatable bonds is 6. The van der Waals surface area contributed by atoms with Gasteiger partial charge in [-0.05, 0) is 54.8 Å². The van der Waals surface area contributed by atoms with Crippen LogP contribution in [0.2, 0.25) is 10.0 Å². The lowest BCUT2D eigenvalue weighted by Crippen LogP contribution is -2.26. The molecule has 3 nitrogen and oxygen atoms in total. The molecule has 0 saturated carbocycles. The number of nitrogens with one attached hydrogen (secondary N) is 1. The largest absolute Gasteiger partial charge is 0.491 e. The lowest BCUT2D eigenvalue weighted by Gasteiger charge is -2.10. The predicted octanol–water partition coefficient (Wildman–Crippen LogP) is 4.82. The molecule has 0 aliphatic heterocycles. The Morgan fingerprint density at radius 2 is 1.96 bits per heavy atom.